The Morgan fingerprint density at radius 1 is 1.59 bits per heavy atom. The fourth-order valence-corrected chi connectivity index (χ4v) is 1.57. The number of hydrogen-bond acceptors (Lipinski definition) is 5. The van der Waals surface area contributed by atoms with Crippen LogP contribution in [0.3, 0.4) is 0 Å². The molecule has 0 saturated heterocycles. The number of oxazole rings is 1. The van der Waals surface area contributed by atoms with Crippen LogP contribution in [0, 0.1) is 0 Å². The maximum atomic E-state index is 10.7. The Kier molecular flexibility index (Phi) is 2.86. The molecule has 0 radical (unpaired) electrons. The van der Waals surface area contributed by atoms with Crippen LogP contribution in [0.5, 0.6) is 0 Å². The van der Waals surface area contributed by atoms with Crippen LogP contribution in [-0.2, 0) is 4.79 Å². The summed E-state index contributed by atoms with van der Waals surface area (Å²) < 4.78 is 5.45. The highest BCUT2D eigenvalue weighted by Crippen LogP contribution is 2.21. The number of rotatable bonds is 4. The molecule has 1 unspecified atom stereocenters. The minimum absolute atomic E-state index is 0.127. The number of nitrogens with one attached hydrogen (secondary N) is 1. The first-order valence-corrected chi connectivity index (χ1v) is 5.25. The molecule has 1 heterocycles. The smallest absolute Gasteiger partial charge is 0.295 e. The summed E-state index contributed by atoms with van der Waals surface area (Å²) in [7, 11) is 0. The molecule has 1 aromatic carbocycles. The van der Waals surface area contributed by atoms with Crippen molar-refractivity contribution in [2.45, 2.75) is 19.4 Å². The normalized spacial score (nSPS) is 12.5. The Morgan fingerprint density at radius 2 is 2.35 bits per heavy atom. The number of nitrogens with two attached hydrogens (primary N) is 2. The van der Waals surface area contributed by atoms with E-state index in [2.05, 4.69) is 10.3 Å². The second-order valence-corrected chi connectivity index (χ2v) is 3.96. The summed E-state index contributed by atoms with van der Waals surface area (Å²) >= 11 is 0. The summed E-state index contributed by atoms with van der Waals surface area (Å²) in [5.74, 6) is -0.370. The van der Waals surface area contributed by atoms with Gasteiger partial charge in [0.2, 0.25) is 5.91 Å². The molecule has 0 bridgehead atoms. The fourth-order valence-electron chi connectivity index (χ4n) is 1.57. The van der Waals surface area contributed by atoms with Crippen LogP contribution in [0.15, 0.2) is 22.6 Å². The lowest BCUT2D eigenvalue weighted by molar-refractivity contribution is -0.118. The van der Waals surface area contributed by atoms with Gasteiger partial charge in [-0.3, -0.25) is 4.79 Å². The van der Waals surface area contributed by atoms with E-state index < -0.39 is 0 Å². The topological polar surface area (TPSA) is 107 Å². The molecule has 0 spiro atoms. The van der Waals surface area contributed by atoms with E-state index in [1.54, 1.807) is 18.2 Å². The standard InChI is InChI=1S/C11H14N4O2/c1-6(4-10(13)16)14-11-15-8-5-7(12)2-3-9(8)17-11/h2-3,5-6H,4,12H2,1H3,(H2,13,16)(H,14,15). The van der Waals surface area contributed by atoms with Gasteiger partial charge in [-0.15, -0.1) is 0 Å². The van der Waals surface area contributed by atoms with Gasteiger partial charge in [-0.05, 0) is 25.1 Å². The van der Waals surface area contributed by atoms with Gasteiger partial charge in [-0.2, -0.15) is 4.98 Å². The van der Waals surface area contributed by atoms with Crippen molar-refractivity contribution in [1.29, 1.82) is 0 Å². The lowest BCUT2D eigenvalue weighted by Crippen LogP contribution is -2.24. The summed E-state index contributed by atoms with van der Waals surface area (Å²) in [4.78, 5) is 14.9. The van der Waals surface area contributed by atoms with E-state index in [4.69, 9.17) is 15.9 Å². The summed E-state index contributed by atoms with van der Waals surface area (Å²) in [5, 5.41) is 2.96. The van der Waals surface area contributed by atoms with Gasteiger partial charge in [0.25, 0.3) is 6.01 Å². The molecule has 1 aromatic heterocycles. The van der Waals surface area contributed by atoms with Crippen LogP contribution in [0.25, 0.3) is 11.1 Å². The third kappa shape index (κ3) is 2.66. The van der Waals surface area contributed by atoms with Gasteiger partial charge in [0, 0.05) is 18.2 Å². The highest BCUT2D eigenvalue weighted by Gasteiger charge is 2.10. The minimum atomic E-state index is -0.370. The molecule has 0 saturated carbocycles. The number of hydrogen-bond donors (Lipinski definition) is 3. The van der Waals surface area contributed by atoms with Gasteiger partial charge in [0.05, 0.1) is 0 Å². The zero-order chi connectivity index (χ0) is 12.4. The van der Waals surface area contributed by atoms with Crippen LogP contribution >= 0.6 is 0 Å². The Bertz CT molecular complexity index is 549. The average Bonchev–Trinajstić information content (AvgIpc) is 2.57. The van der Waals surface area contributed by atoms with Gasteiger partial charge >= 0.3 is 0 Å². The fraction of sp³-hybridized carbons (Fsp3) is 0.273. The molecule has 17 heavy (non-hydrogen) atoms. The molecule has 0 aliphatic heterocycles. The Hall–Kier alpha value is -2.24. The van der Waals surface area contributed by atoms with Gasteiger partial charge in [0.1, 0.15) is 5.52 Å². The Balaban J connectivity index is 2.16. The second kappa shape index (κ2) is 4.32. The summed E-state index contributed by atoms with van der Waals surface area (Å²) in [6.07, 6.45) is 0.223. The van der Waals surface area contributed by atoms with Crippen molar-refractivity contribution in [2.24, 2.45) is 5.73 Å². The van der Waals surface area contributed by atoms with E-state index in [0.717, 1.165) is 0 Å². The molecule has 6 heteroatoms. The van der Waals surface area contributed by atoms with Crippen molar-refractivity contribution in [3.05, 3.63) is 18.2 Å². The maximum absolute atomic E-state index is 10.7. The lowest BCUT2D eigenvalue weighted by Gasteiger charge is -2.08. The van der Waals surface area contributed by atoms with Crippen molar-refractivity contribution in [1.82, 2.24) is 4.98 Å². The maximum Gasteiger partial charge on any atom is 0.295 e. The highest BCUT2D eigenvalue weighted by atomic mass is 16.4. The van der Waals surface area contributed by atoms with E-state index in [1.807, 2.05) is 6.92 Å². The third-order valence-electron chi connectivity index (χ3n) is 2.29. The van der Waals surface area contributed by atoms with Crippen molar-refractivity contribution in [2.75, 3.05) is 11.1 Å². The first kappa shape index (κ1) is 11.3. The van der Waals surface area contributed by atoms with Crippen molar-refractivity contribution < 1.29 is 9.21 Å². The number of benzene rings is 1. The molecule has 6 nitrogen and oxygen atoms in total. The van der Waals surface area contributed by atoms with Crippen molar-refractivity contribution >= 4 is 28.7 Å². The number of amides is 1. The van der Waals surface area contributed by atoms with Gasteiger partial charge in [-0.25, -0.2) is 0 Å². The zero-order valence-corrected chi connectivity index (χ0v) is 9.43. The number of nitrogens with zero attached hydrogens (tertiary/aromatic N) is 1. The van der Waals surface area contributed by atoms with Crippen molar-refractivity contribution in [3.8, 4) is 0 Å². The number of nitrogen functional groups attached to an aromatic ring is 1. The van der Waals surface area contributed by atoms with Gasteiger partial charge in [-0.1, -0.05) is 0 Å². The Morgan fingerprint density at radius 3 is 3.06 bits per heavy atom. The molecule has 0 aliphatic carbocycles. The monoisotopic (exact) mass is 234 g/mol. The zero-order valence-electron chi connectivity index (χ0n) is 9.43. The van der Waals surface area contributed by atoms with Gasteiger partial charge < -0.3 is 21.2 Å². The van der Waals surface area contributed by atoms with E-state index in [-0.39, 0.29) is 18.4 Å². The minimum Gasteiger partial charge on any atom is -0.424 e. The molecule has 0 fully saturated rings. The largest absolute Gasteiger partial charge is 0.424 e. The summed E-state index contributed by atoms with van der Waals surface area (Å²) in [6.45, 7) is 1.83. The number of primary amides is 1. The second-order valence-electron chi connectivity index (χ2n) is 3.96. The van der Waals surface area contributed by atoms with Crippen molar-refractivity contribution in [3.63, 3.8) is 0 Å². The molecule has 1 atom stereocenters. The van der Waals surface area contributed by atoms with Crippen LogP contribution in [-0.4, -0.2) is 16.9 Å². The molecule has 1 amide bonds. The molecule has 90 valence electrons. The Labute approximate surface area is 98.0 Å². The number of fused-ring (bicyclic) bond motifs is 1. The summed E-state index contributed by atoms with van der Waals surface area (Å²) in [6, 6.07) is 5.45. The SMILES string of the molecule is CC(CC(N)=O)Nc1nc2cc(N)ccc2o1. The number of carbonyl (C=O) groups excluding carboxylic acids is 1. The van der Waals surface area contributed by atoms with Crippen LogP contribution in [0.1, 0.15) is 13.3 Å². The quantitative estimate of drug-likeness (QED) is 0.686. The number of carbonyl (C=O) groups is 1. The molecule has 2 rings (SSSR count). The number of anilines is 2. The molecule has 2 aromatic rings. The van der Waals surface area contributed by atoms with E-state index in [1.165, 1.54) is 0 Å². The van der Waals surface area contributed by atoms with E-state index in [9.17, 15) is 4.79 Å². The molecular formula is C11H14N4O2. The van der Waals surface area contributed by atoms with E-state index >= 15 is 0 Å². The molecular weight excluding hydrogens is 220 g/mol. The predicted octanol–water partition coefficient (Wildman–Crippen LogP) is 1.09. The first-order chi connectivity index (χ1) is 8.04. The van der Waals surface area contributed by atoms with Crippen LogP contribution in [0.2, 0.25) is 0 Å². The van der Waals surface area contributed by atoms with Crippen LogP contribution < -0.4 is 16.8 Å². The average molecular weight is 234 g/mol. The lowest BCUT2D eigenvalue weighted by atomic mass is 10.2. The van der Waals surface area contributed by atoms with E-state index in [0.29, 0.717) is 22.8 Å². The summed E-state index contributed by atoms with van der Waals surface area (Å²) in [5.41, 5.74) is 12.7. The predicted molar refractivity (Wildman–Crippen MR) is 65.3 cm³/mol. The molecule has 0 aliphatic rings. The third-order valence-corrected chi connectivity index (χ3v) is 2.29. The highest BCUT2D eigenvalue weighted by molar-refractivity contribution is 5.78. The first-order valence-electron chi connectivity index (χ1n) is 5.25. The van der Waals surface area contributed by atoms with Crippen LogP contribution in [0.4, 0.5) is 11.7 Å². The van der Waals surface area contributed by atoms with Gasteiger partial charge in [0.15, 0.2) is 5.58 Å². The molecule has 5 N–H and O–H groups in total. The number of aromatic nitrogens is 1.